The zero-order valence-electron chi connectivity index (χ0n) is 17.2. The first kappa shape index (κ1) is 19.1. The molecule has 8 heteroatoms. The number of hydrogen-bond acceptors (Lipinski definition) is 7. The molecule has 0 unspecified atom stereocenters. The molecule has 1 saturated heterocycles. The summed E-state index contributed by atoms with van der Waals surface area (Å²) in [5, 5.41) is 16.0. The van der Waals surface area contributed by atoms with Crippen molar-refractivity contribution in [1.82, 2.24) is 30.5 Å². The van der Waals surface area contributed by atoms with Crippen LogP contribution < -0.4 is 4.90 Å². The Balaban J connectivity index is 1.33. The van der Waals surface area contributed by atoms with Crippen LogP contribution in [0, 0.1) is 0 Å². The molecule has 0 radical (unpaired) electrons. The Morgan fingerprint density at radius 2 is 1.90 bits per heavy atom. The third-order valence-corrected chi connectivity index (χ3v) is 6.71. The molecule has 2 aromatic carbocycles. The zero-order valence-corrected chi connectivity index (χ0v) is 18.1. The lowest BCUT2D eigenvalue weighted by Gasteiger charge is -2.36. The molecule has 0 amide bonds. The van der Waals surface area contributed by atoms with Crippen molar-refractivity contribution in [2.45, 2.75) is 26.3 Å². The molecular formula is C22H25N7S. The van der Waals surface area contributed by atoms with Gasteiger partial charge in [0.25, 0.3) is 0 Å². The number of hydrogen-bond donors (Lipinski definition) is 1. The number of benzene rings is 2. The van der Waals surface area contributed by atoms with Crippen LogP contribution in [0.4, 0.5) is 5.69 Å². The number of fused-ring (bicyclic) bond motifs is 1. The second-order valence-electron chi connectivity index (χ2n) is 8.01. The van der Waals surface area contributed by atoms with Crippen molar-refractivity contribution in [3.63, 3.8) is 0 Å². The third kappa shape index (κ3) is 3.80. The van der Waals surface area contributed by atoms with E-state index >= 15 is 0 Å². The summed E-state index contributed by atoms with van der Waals surface area (Å²) in [4.78, 5) is 9.74. The molecule has 4 aromatic rings. The minimum absolute atomic E-state index is 0.475. The average Bonchev–Trinajstić information content (AvgIpc) is 3.43. The van der Waals surface area contributed by atoms with E-state index in [2.05, 4.69) is 86.7 Å². The molecule has 0 aliphatic carbocycles. The third-order valence-electron chi connectivity index (χ3n) is 5.68. The van der Waals surface area contributed by atoms with Gasteiger partial charge in [0, 0.05) is 37.4 Å². The summed E-state index contributed by atoms with van der Waals surface area (Å²) >= 11 is 1.80. The van der Waals surface area contributed by atoms with Crippen molar-refractivity contribution in [3.05, 3.63) is 53.0 Å². The topological polar surface area (TPSA) is 73.8 Å². The molecule has 7 nitrogen and oxygen atoms in total. The SMILES string of the molecule is CC(C)c1ccc(-c2nn[nH]n2)c(N2CCN(Cc3nc4ccccc4s3)CC2)c1. The van der Waals surface area contributed by atoms with Crippen LogP contribution in [-0.2, 0) is 6.54 Å². The van der Waals surface area contributed by atoms with E-state index in [9.17, 15) is 0 Å². The van der Waals surface area contributed by atoms with Crippen LogP contribution >= 0.6 is 11.3 Å². The van der Waals surface area contributed by atoms with Crippen molar-refractivity contribution in [2.75, 3.05) is 31.1 Å². The van der Waals surface area contributed by atoms with Gasteiger partial charge in [-0.1, -0.05) is 32.0 Å². The lowest BCUT2D eigenvalue weighted by atomic mass is 9.99. The van der Waals surface area contributed by atoms with E-state index in [1.165, 1.54) is 21.0 Å². The number of piperazine rings is 1. The Morgan fingerprint density at radius 3 is 2.63 bits per heavy atom. The first-order valence-corrected chi connectivity index (χ1v) is 11.2. The van der Waals surface area contributed by atoms with E-state index in [0.29, 0.717) is 11.7 Å². The number of tetrazole rings is 1. The highest BCUT2D eigenvalue weighted by Crippen LogP contribution is 2.32. The van der Waals surface area contributed by atoms with E-state index in [-0.39, 0.29) is 0 Å². The highest BCUT2D eigenvalue weighted by atomic mass is 32.1. The van der Waals surface area contributed by atoms with E-state index < -0.39 is 0 Å². The molecule has 1 N–H and O–H groups in total. The highest BCUT2D eigenvalue weighted by molar-refractivity contribution is 7.18. The first-order chi connectivity index (χ1) is 14.7. The van der Waals surface area contributed by atoms with E-state index in [0.717, 1.165) is 43.8 Å². The van der Waals surface area contributed by atoms with Gasteiger partial charge in [0.15, 0.2) is 0 Å². The largest absolute Gasteiger partial charge is 0.368 e. The molecule has 0 bridgehead atoms. The molecule has 3 heterocycles. The predicted octanol–water partition coefficient (Wildman–Crippen LogP) is 3.92. The number of thiazole rings is 1. The highest BCUT2D eigenvalue weighted by Gasteiger charge is 2.22. The van der Waals surface area contributed by atoms with E-state index in [1.807, 2.05) is 0 Å². The van der Waals surface area contributed by atoms with Gasteiger partial charge in [-0.3, -0.25) is 4.90 Å². The molecule has 0 atom stereocenters. The average molecular weight is 420 g/mol. The van der Waals surface area contributed by atoms with Gasteiger partial charge in [-0.2, -0.15) is 5.21 Å². The van der Waals surface area contributed by atoms with Crippen LogP contribution in [0.2, 0.25) is 0 Å². The number of anilines is 1. The number of H-pyrrole nitrogens is 1. The Bertz CT molecular complexity index is 1090. The van der Waals surface area contributed by atoms with E-state index in [4.69, 9.17) is 4.98 Å². The fourth-order valence-corrected chi connectivity index (χ4v) is 4.97. The van der Waals surface area contributed by atoms with Crippen molar-refractivity contribution in [1.29, 1.82) is 0 Å². The van der Waals surface area contributed by atoms with Crippen molar-refractivity contribution < 1.29 is 0 Å². The standard InChI is InChI=1S/C22H25N7S/c1-15(2)16-7-8-17(22-24-26-27-25-22)19(13-16)29-11-9-28(10-12-29)14-21-23-18-5-3-4-6-20(18)30-21/h3-8,13,15H,9-12,14H2,1-2H3,(H,24,25,26,27). The van der Waals surface area contributed by atoms with Crippen molar-refractivity contribution in [2.24, 2.45) is 0 Å². The first-order valence-electron chi connectivity index (χ1n) is 10.4. The Hall–Kier alpha value is -2.84. The van der Waals surface area contributed by atoms with E-state index in [1.54, 1.807) is 11.3 Å². The van der Waals surface area contributed by atoms with Gasteiger partial charge in [-0.05, 0) is 41.0 Å². The fraction of sp³-hybridized carbons (Fsp3) is 0.364. The fourth-order valence-electron chi connectivity index (χ4n) is 3.96. The summed E-state index contributed by atoms with van der Waals surface area (Å²) in [5.41, 5.74) is 4.66. The van der Waals surface area contributed by atoms with Gasteiger partial charge in [0.05, 0.1) is 16.8 Å². The molecule has 30 heavy (non-hydrogen) atoms. The van der Waals surface area contributed by atoms with Crippen LogP contribution in [0.5, 0.6) is 0 Å². The maximum Gasteiger partial charge on any atom is 0.206 e. The Kier molecular flexibility index (Phi) is 5.18. The Morgan fingerprint density at radius 1 is 1.07 bits per heavy atom. The van der Waals surface area contributed by atoms with Gasteiger partial charge in [0.2, 0.25) is 5.82 Å². The number of nitrogens with zero attached hydrogens (tertiary/aromatic N) is 6. The monoisotopic (exact) mass is 419 g/mol. The molecule has 5 rings (SSSR count). The lowest BCUT2D eigenvalue weighted by molar-refractivity contribution is 0.250. The summed E-state index contributed by atoms with van der Waals surface area (Å²) in [5.74, 6) is 1.13. The summed E-state index contributed by atoms with van der Waals surface area (Å²) in [6.07, 6.45) is 0. The molecule has 154 valence electrons. The molecule has 0 spiro atoms. The Labute approximate surface area is 179 Å². The van der Waals surface area contributed by atoms with Gasteiger partial charge < -0.3 is 4.90 Å². The van der Waals surface area contributed by atoms with Crippen LogP contribution in [0.25, 0.3) is 21.6 Å². The summed E-state index contributed by atoms with van der Waals surface area (Å²) < 4.78 is 1.27. The predicted molar refractivity (Wildman–Crippen MR) is 121 cm³/mol. The van der Waals surface area contributed by atoms with Gasteiger partial charge in [-0.15, -0.1) is 21.5 Å². The normalized spacial score (nSPS) is 15.4. The molecule has 1 fully saturated rings. The summed E-state index contributed by atoms with van der Waals surface area (Å²) in [6, 6.07) is 15.0. The smallest absolute Gasteiger partial charge is 0.206 e. The zero-order chi connectivity index (χ0) is 20.5. The number of para-hydroxylation sites is 1. The number of aromatic amines is 1. The number of aromatic nitrogens is 5. The molecule has 2 aromatic heterocycles. The second-order valence-corrected chi connectivity index (χ2v) is 9.12. The molecule has 0 saturated carbocycles. The van der Waals surface area contributed by atoms with Crippen molar-refractivity contribution in [3.8, 4) is 11.4 Å². The quantitative estimate of drug-likeness (QED) is 0.528. The number of nitrogens with one attached hydrogen (secondary N) is 1. The van der Waals surface area contributed by atoms with Gasteiger partial charge in [-0.25, -0.2) is 4.98 Å². The second kappa shape index (κ2) is 8.12. The lowest BCUT2D eigenvalue weighted by Crippen LogP contribution is -2.46. The van der Waals surface area contributed by atoms with Gasteiger partial charge in [0.1, 0.15) is 5.01 Å². The van der Waals surface area contributed by atoms with Crippen LogP contribution in [0.15, 0.2) is 42.5 Å². The maximum absolute atomic E-state index is 4.80. The minimum Gasteiger partial charge on any atom is -0.368 e. The number of rotatable bonds is 5. The van der Waals surface area contributed by atoms with Crippen LogP contribution in [0.3, 0.4) is 0 Å². The molecule has 1 aliphatic heterocycles. The minimum atomic E-state index is 0.475. The maximum atomic E-state index is 4.80. The summed E-state index contributed by atoms with van der Waals surface area (Å²) in [6.45, 7) is 9.32. The summed E-state index contributed by atoms with van der Waals surface area (Å²) in [7, 11) is 0. The molecular weight excluding hydrogens is 394 g/mol. The molecule has 1 aliphatic rings. The van der Waals surface area contributed by atoms with Crippen LogP contribution in [0.1, 0.15) is 30.3 Å². The van der Waals surface area contributed by atoms with Crippen molar-refractivity contribution >= 4 is 27.2 Å². The van der Waals surface area contributed by atoms with Gasteiger partial charge >= 0.3 is 0 Å². The van der Waals surface area contributed by atoms with Crippen LogP contribution in [-0.4, -0.2) is 56.7 Å².